The van der Waals surface area contributed by atoms with Crippen LogP contribution in [0.5, 0.6) is 17.2 Å². The van der Waals surface area contributed by atoms with Crippen molar-refractivity contribution in [1.29, 1.82) is 0 Å². The van der Waals surface area contributed by atoms with Gasteiger partial charge < -0.3 is 14.2 Å². The van der Waals surface area contributed by atoms with E-state index in [1.54, 1.807) is 18.2 Å². The van der Waals surface area contributed by atoms with Gasteiger partial charge in [0.1, 0.15) is 12.4 Å². The monoisotopic (exact) mass is 180 g/mol. The zero-order valence-corrected chi connectivity index (χ0v) is 6.86. The molecule has 1 aliphatic rings. The molecule has 0 spiro atoms. The van der Waals surface area contributed by atoms with E-state index in [0.717, 1.165) is 0 Å². The minimum absolute atomic E-state index is 0.0552. The first kappa shape index (κ1) is 7.91. The van der Waals surface area contributed by atoms with Gasteiger partial charge in [-0.2, -0.15) is 0 Å². The molecule has 0 aliphatic carbocycles. The third kappa shape index (κ3) is 1.56. The quantitative estimate of drug-likeness (QED) is 0.651. The zero-order chi connectivity index (χ0) is 9.10. The Kier molecular flexibility index (Phi) is 2.04. The topological polar surface area (TPSA) is 44.8 Å². The van der Waals surface area contributed by atoms with Crippen LogP contribution in [-0.2, 0) is 4.79 Å². The van der Waals surface area contributed by atoms with Gasteiger partial charge >= 0.3 is 0 Å². The Bertz CT molecular complexity index is 321. The van der Waals surface area contributed by atoms with Gasteiger partial charge in [-0.05, 0) is 12.1 Å². The third-order valence-corrected chi connectivity index (χ3v) is 1.66. The maximum Gasteiger partial charge on any atom is 0.231 e. The summed E-state index contributed by atoms with van der Waals surface area (Å²) >= 11 is 0. The average molecular weight is 180 g/mol. The van der Waals surface area contributed by atoms with Crippen molar-refractivity contribution in [1.82, 2.24) is 0 Å². The van der Waals surface area contributed by atoms with Crippen molar-refractivity contribution in [3.63, 3.8) is 0 Å². The van der Waals surface area contributed by atoms with Gasteiger partial charge in [0.25, 0.3) is 0 Å². The molecule has 0 fully saturated rings. The first-order valence-electron chi connectivity index (χ1n) is 3.86. The SMILES string of the molecule is O=CCOc1ccc2c(c1)OCO2. The van der Waals surface area contributed by atoms with Crippen molar-refractivity contribution in [2.24, 2.45) is 0 Å². The molecule has 1 aliphatic heterocycles. The van der Waals surface area contributed by atoms with Crippen molar-refractivity contribution >= 4 is 6.29 Å². The summed E-state index contributed by atoms with van der Waals surface area (Å²) in [6.45, 7) is 0.298. The molecule has 0 unspecified atom stereocenters. The van der Waals surface area contributed by atoms with E-state index >= 15 is 0 Å². The third-order valence-electron chi connectivity index (χ3n) is 1.66. The van der Waals surface area contributed by atoms with Gasteiger partial charge in [0.2, 0.25) is 6.79 Å². The maximum atomic E-state index is 10.0. The summed E-state index contributed by atoms with van der Waals surface area (Å²) in [4.78, 5) is 10.0. The summed E-state index contributed by atoms with van der Waals surface area (Å²) in [7, 11) is 0. The molecular formula is C9H8O4. The molecule has 0 radical (unpaired) electrons. The lowest BCUT2D eigenvalue weighted by Crippen LogP contribution is -1.97. The highest BCUT2D eigenvalue weighted by atomic mass is 16.7. The molecule has 13 heavy (non-hydrogen) atoms. The molecule has 1 aromatic rings. The molecular weight excluding hydrogens is 172 g/mol. The molecule has 0 N–H and O–H groups in total. The standard InChI is InChI=1S/C9H8O4/c10-3-4-11-7-1-2-8-9(5-7)13-6-12-8/h1-3,5H,4,6H2. The van der Waals surface area contributed by atoms with E-state index in [1.165, 1.54) is 0 Å². The second kappa shape index (κ2) is 3.35. The van der Waals surface area contributed by atoms with Gasteiger partial charge in [0.05, 0.1) is 0 Å². The van der Waals surface area contributed by atoms with Gasteiger partial charge in [0.15, 0.2) is 17.8 Å². The van der Waals surface area contributed by atoms with E-state index in [1.807, 2.05) is 0 Å². The van der Waals surface area contributed by atoms with Gasteiger partial charge in [-0.15, -0.1) is 0 Å². The highest BCUT2D eigenvalue weighted by Crippen LogP contribution is 2.34. The molecule has 4 heteroatoms. The zero-order valence-electron chi connectivity index (χ0n) is 6.86. The normalized spacial score (nSPS) is 12.6. The minimum atomic E-state index is 0.0552. The average Bonchev–Trinajstić information content (AvgIpc) is 2.61. The fourth-order valence-electron chi connectivity index (χ4n) is 1.10. The molecule has 0 bridgehead atoms. The fourth-order valence-corrected chi connectivity index (χ4v) is 1.10. The minimum Gasteiger partial charge on any atom is -0.486 e. The largest absolute Gasteiger partial charge is 0.486 e. The molecule has 1 aromatic carbocycles. The number of hydrogen-bond acceptors (Lipinski definition) is 4. The Morgan fingerprint density at radius 2 is 2.23 bits per heavy atom. The van der Waals surface area contributed by atoms with Gasteiger partial charge in [-0.3, -0.25) is 4.79 Å². The number of rotatable bonds is 3. The van der Waals surface area contributed by atoms with Crippen LogP contribution in [0.25, 0.3) is 0 Å². The van der Waals surface area contributed by atoms with Crippen LogP contribution in [-0.4, -0.2) is 19.7 Å². The number of benzene rings is 1. The highest BCUT2D eigenvalue weighted by molar-refractivity contribution is 5.52. The molecule has 4 nitrogen and oxygen atoms in total. The van der Waals surface area contributed by atoms with Crippen molar-refractivity contribution in [2.75, 3.05) is 13.4 Å². The lowest BCUT2D eigenvalue weighted by molar-refractivity contribution is -0.109. The molecule has 0 saturated carbocycles. The Morgan fingerprint density at radius 1 is 1.38 bits per heavy atom. The van der Waals surface area contributed by atoms with Crippen LogP contribution >= 0.6 is 0 Å². The summed E-state index contributed by atoms with van der Waals surface area (Å²) in [5.74, 6) is 1.97. The molecule has 0 amide bonds. The Balaban J connectivity index is 2.16. The molecule has 2 rings (SSSR count). The van der Waals surface area contributed by atoms with Gasteiger partial charge in [-0.25, -0.2) is 0 Å². The van der Waals surface area contributed by atoms with Crippen LogP contribution in [0.2, 0.25) is 0 Å². The van der Waals surface area contributed by atoms with Gasteiger partial charge in [0, 0.05) is 6.07 Å². The van der Waals surface area contributed by atoms with E-state index in [0.29, 0.717) is 23.5 Å². The van der Waals surface area contributed by atoms with Crippen molar-refractivity contribution in [2.45, 2.75) is 0 Å². The van der Waals surface area contributed by atoms with Crippen LogP contribution in [0.3, 0.4) is 0 Å². The summed E-state index contributed by atoms with van der Waals surface area (Å²) in [5.41, 5.74) is 0. The molecule has 0 saturated heterocycles. The van der Waals surface area contributed by atoms with Crippen LogP contribution in [0, 0.1) is 0 Å². The molecule has 0 atom stereocenters. The fraction of sp³-hybridized carbons (Fsp3) is 0.222. The number of fused-ring (bicyclic) bond motifs is 1. The Labute approximate surface area is 75.0 Å². The highest BCUT2D eigenvalue weighted by Gasteiger charge is 2.13. The van der Waals surface area contributed by atoms with Crippen molar-refractivity contribution in [3.8, 4) is 17.2 Å². The summed E-state index contributed by atoms with van der Waals surface area (Å²) in [6.07, 6.45) is 0.699. The van der Waals surface area contributed by atoms with Crippen molar-refractivity contribution < 1.29 is 19.0 Å². The summed E-state index contributed by atoms with van der Waals surface area (Å²) < 4.78 is 15.3. The molecule has 1 heterocycles. The second-order valence-electron chi connectivity index (χ2n) is 2.49. The predicted molar refractivity (Wildman–Crippen MR) is 44.1 cm³/mol. The number of carbonyl (C=O) groups is 1. The van der Waals surface area contributed by atoms with Crippen molar-refractivity contribution in [3.05, 3.63) is 18.2 Å². The summed E-state index contributed by atoms with van der Waals surface area (Å²) in [5, 5.41) is 0. The first-order valence-corrected chi connectivity index (χ1v) is 3.86. The molecule has 0 aromatic heterocycles. The number of aldehydes is 1. The lowest BCUT2D eigenvalue weighted by Gasteiger charge is -2.02. The maximum absolute atomic E-state index is 10.0. The van der Waals surface area contributed by atoms with E-state index in [2.05, 4.69) is 0 Å². The van der Waals surface area contributed by atoms with Gasteiger partial charge in [-0.1, -0.05) is 0 Å². The number of ether oxygens (including phenoxy) is 3. The number of carbonyl (C=O) groups excluding carboxylic acids is 1. The Hall–Kier alpha value is -1.71. The van der Waals surface area contributed by atoms with E-state index in [-0.39, 0.29) is 13.4 Å². The second-order valence-corrected chi connectivity index (χ2v) is 2.49. The van der Waals surface area contributed by atoms with Crippen LogP contribution < -0.4 is 14.2 Å². The lowest BCUT2D eigenvalue weighted by atomic mass is 10.3. The van der Waals surface area contributed by atoms with E-state index in [4.69, 9.17) is 14.2 Å². The Morgan fingerprint density at radius 3 is 3.08 bits per heavy atom. The number of hydrogen-bond donors (Lipinski definition) is 0. The van der Waals surface area contributed by atoms with Crippen LogP contribution in [0.4, 0.5) is 0 Å². The predicted octanol–water partition coefficient (Wildman–Crippen LogP) is 0.993. The van der Waals surface area contributed by atoms with E-state index < -0.39 is 0 Å². The van der Waals surface area contributed by atoms with E-state index in [9.17, 15) is 4.79 Å². The molecule has 68 valence electrons. The van der Waals surface area contributed by atoms with Crippen LogP contribution in [0.15, 0.2) is 18.2 Å². The first-order chi connectivity index (χ1) is 6.40. The smallest absolute Gasteiger partial charge is 0.231 e. The van der Waals surface area contributed by atoms with Crippen LogP contribution in [0.1, 0.15) is 0 Å². The summed E-state index contributed by atoms with van der Waals surface area (Å²) in [6, 6.07) is 5.19.